The highest BCUT2D eigenvalue weighted by molar-refractivity contribution is 6.42. The van der Waals surface area contributed by atoms with E-state index in [2.05, 4.69) is 15.8 Å². The van der Waals surface area contributed by atoms with Crippen molar-refractivity contribution >= 4 is 46.0 Å². The van der Waals surface area contributed by atoms with Crippen LogP contribution in [0.4, 0.5) is 0 Å². The molecule has 27 heavy (non-hydrogen) atoms. The summed E-state index contributed by atoms with van der Waals surface area (Å²) in [4.78, 5) is 28.8. The number of imidazole rings is 1. The average Bonchev–Trinajstić information content (AvgIpc) is 3.01. The van der Waals surface area contributed by atoms with Gasteiger partial charge in [-0.05, 0) is 29.8 Å². The minimum Gasteiger partial charge on any atom is -0.318 e. The Balaban J connectivity index is 1.60. The number of amides is 2. The molecule has 1 heterocycles. The van der Waals surface area contributed by atoms with Crippen LogP contribution >= 0.6 is 23.2 Å². The maximum atomic E-state index is 12.3. The average molecular weight is 405 g/mol. The van der Waals surface area contributed by atoms with E-state index in [-0.39, 0.29) is 24.8 Å². The zero-order valence-corrected chi connectivity index (χ0v) is 16.1. The van der Waals surface area contributed by atoms with Gasteiger partial charge in [-0.3, -0.25) is 20.4 Å². The van der Waals surface area contributed by atoms with E-state index in [9.17, 15) is 9.59 Å². The predicted molar refractivity (Wildman–Crippen MR) is 106 cm³/mol. The summed E-state index contributed by atoms with van der Waals surface area (Å²) in [7, 11) is 0. The van der Waals surface area contributed by atoms with Crippen LogP contribution in [0.3, 0.4) is 0 Å². The first-order valence-corrected chi connectivity index (χ1v) is 9.19. The van der Waals surface area contributed by atoms with Crippen molar-refractivity contribution in [2.45, 2.75) is 26.3 Å². The Bertz CT molecular complexity index is 1000. The largest absolute Gasteiger partial charge is 0.318 e. The third kappa shape index (κ3) is 4.59. The van der Waals surface area contributed by atoms with Gasteiger partial charge in [0.2, 0.25) is 5.91 Å². The van der Waals surface area contributed by atoms with Crippen molar-refractivity contribution in [2.24, 2.45) is 0 Å². The van der Waals surface area contributed by atoms with E-state index in [4.69, 9.17) is 23.2 Å². The number of nitrogens with one attached hydrogen (secondary N) is 2. The molecule has 8 heteroatoms. The first-order chi connectivity index (χ1) is 13.0. The van der Waals surface area contributed by atoms with Gasteiger partial charge in [0.15, 0.2) is 0 Å². The Morgan fingerprint density at radius 1 is 1.04 bits per heavy atom. The number of fused-ring (bicyclic) bond motifs is 1. The highest BCUT2D eigenvalue weighted by Crippen LogP contribution is 2.22. The number of hydrogen-bond acceptors (Lipinski definition) is 3. The van der Waals surface area contributed by atoms with Crippen LogP contribution in [0.15, 0.2) is 42.5 Å². The fourth-order valence-electron chi connectivity index (χ4n) is 2.77. The fourth-order valence-corrected chi connectivity index (χ4v) is 3.09. The first-order valence-electron chi connectivity index (χ1n) is 8.43. The van der Waals surface area contributed by atoms with E-state index in [1.54, 1.807) is 18.2 Å². The van der Waals surface area contributed by atoms with Crippen molar-refractivity contribution in [1.82, 2.24) is 20.4 Å². The zero-order valence-electron chi connectivity index (χ0n) is 14.6. The third-order valence-electron chi connectivity index (χ3n) is 4.04. The SMILES string of the molecule is CCc1nc2ccccc2n1CC(=O)NNC(=O)Cc1ccc(Cl)c(Cl)c1. The van der Waals surface area contributed by atoms with Crippen LogP contribution < -0.4 is 10.9 Å². The molecular weight excluding hydrogens is 387 g/mol. The lowest BCUT2D eigenvalue weighted by Gasteiger charge is -2.10. The Labute approximate surface area is 166 Å². The maximum absolute atomic E-state index is 12.3. The molecule has 0 atom stereocenters. The first kappa shape index (κ1) is 19.2. The number of carbonyl (C=O) groups is 2. The molecule has 0 unspecified atom stereocenters. The fraction of sp³-hybridized carbons (Fsp3) is 0.211. The van der Waals surface area contributed by atoms with Crippen LogP contribution in [0.2, 0.25) is 10.0 Å². The van der Waals surface area contributed by atoms with Crippen molar-refractivity contribution in [2.75, 3.05) is 0 Å². The molecule has 0 aliphatic rings. The Morgan fingerprint density at radius 3 is 2.52 bits per heavy atom. The second-order valence-corrected chi connectivity index (χ2v) is 6.79. The summed E-state index contributed by atoms with van der Waals surface area (Å²) in [5.41, 5.74) is 7.27. The van der Waals surface area contributed by atoms with E-state index < -0.39 is 0 Å². The summed E-state index contributed by atoms with van der Waals surface area (Å²) in [5, 5.41) is 0.804. The van der Waals surface area contributed by atoms with Gasteiger partial charge < -0.3 is 4.57 Å². The standard InChI is InChI=1S/C19H18Cl2N4O2/c1-2-17-22-15-5-3-4-6-16(15)25(17)11-19(27)24-23-18(26)10-12-7-8-13(20)14(21)9-12/h3-9H,2,10-11H2,1H3,(H,23,26)(H,24,27). The van der Waals surface area contributed by atoms with E-state index in [1.807, 2.05) is 35.8 Å². The topological polar surface area (TPSA) is 76.0 Å². The van der Waals surface area contributed by atoms with E-state index in [0.717, 1.165) is 16.9 Å². The van der Waals surface area contributed by atoms with Crippen LogP contribution in [0.25, 0.3) is 11.0 Å². The molecule has 2 amide bonds. The minimum atomic E-state index is -0.354. The summed E-state index contributed by atoms with van der Waals surface area (Å²) in [6.45, 7) is 2.05. The van der Waals surface area contributed by atoms with Gasteiger partial charge in [-0.1, -0.05) is 48.3 Å². The molecule has 0 saturated heterocycles. The second-order valence-electron chi connectivity index (χ2n) is 5.98. The lowest BCUT2D eigenvalue weighted by molar-refractivity contribution is -0.128. The van der Waals surface area contributed by atoms with Crippen molar-refractivity contribution < 1.29 is 9.59 Å². The van der Waals surface area contributed by atoms with Crippen molar-refractivity contribution in [1.29, 1.82) is 0 Å². The summed E-state index contributed by atoms with van der Waals surface area (Å²) < 4.78 is 1.84. The molecule has 2 aromatic carbocycles. The highest BCUT2D eigenvalue weighted by Gasteiger charge is 2.13. The van der Waals surface area contributed by atoms with E-state index in [0.29, 0.717) is 22.0 Å². The molecule has 0 saturated carbocycles. The maximum Gasteiger partial charge on any atom is 0.258 e. The number of hydrazine groups is 1. The van der Waals surface area contributed by atoms with Crippen molar-refractivity contribution in [3.05, 3.63) is 63.9 Å². The number of nitrogens with zero attached hydrogens (tertiary/aromatic N) is 2. The van der Waals surface area contributed by atoms with Crippen LogP contribution in [0.1, 0.15) is 18.3 Å². The van der Waals surface area contributed by atoms with Gasteiger partial charge in [0.05, 0.1) is 27.5 Å². The number of rotatable bonds is 5. The summed E-state index contributed by atoms with van der Waals surface area (Å²) >= 11 is 11.8. The lowest BCUT2D eigenvalue weighted by atomic mass is 10.1. The van der Waals surface area contributed by atoms with Crippen molar-refractivity contribution in [3.63, 3.8) is 0 Å². The van der Waals surface area contributed by atoms with Gasteiger partial charge in [-0.25, -0.2) is 4.98 Å². The van der Waals surface area contributed by atoms with Gasteiger partial charge >= 0.3 is 0 Å². The predicted octanol–water partition coefficient (Wildman–Crippen LogP) is 3.30. The number of hydrogen-bond donors (Lipinski definition) is 2. The lowest BCUT2D eigenvalue weighted by Crippen LogP contribution is -2.43. The highest BCUT2D eigenvalue weighted by atomic mass is 35.5. The van der Waals surface area contributed by atoms with Gasteiger partial charge in [-0.2, -0.15) is 0 Å². The molecule has 140 valence electrons. The molecular formula is C19H18Cl2N4O2. The van der Waals surface area contributed by atoms with Crippen LogP contribution in [-0.2, 0) is 29.0 Å². The Morgan fingerprint density at radius 2 is 1.78 bits per heavy atom. The molecule has 6 nitrogen and oxygen atoms in total. The Kier molecular flexibility index (Phi) is 5.98. The quantitative estimate of drug-likeness (QED) is 0.640. The third-order valence-corrected chi connectivity index (χ3v) is 4.78. The van der Waals surface area contributed by atoms with Gasteiger partial charge in [0.25, 0.3) is 5.91 Å². The summed E-state index contributed by atoms with van der Waals surface area (Å²) in [6.07, 6.45) is 0.775. The van der Waals surface area contributed by atoms with Gasteiger partial charge in [0, 0.05) is 6.42 Å². The number of para-hydroxylation sites is 2. The monoisotopic (exact) mass is 404 g/mol. The van der Waals surface area contributed by atoms with Crippen molar-refractivity contribution in [3.8, 4) is 0 Å². The molecule has 0 fully saturated rings. The number of aryl methyl sites for hydroxylation is 1. The molecule has 0 bridgehead atoms. The van der Waals surface area contributed by atoms with Crippen LogP contribution in [0, 0.1) is 0 Å². The van der Waals surface area contributed by atoms with E-state index >= 15 is 0 Å². The second kappa shape index (κ2) is 8.41. The smallest absolute Gasteiger partial charge is 0.258 e. The number of aromatic nitrogens is 2. The summed E-state index contributed by atoms with van der Waals surface area (Å²) in [5.74, 6) is 0.122. The number of benzene rings is 2. The molecule has 0 aliphatic carbocycles. The molecule has 0 spiro atoms. The summed E-state index contributed by atoms with van der Waals surface area (Å²) in [6, 6.07) is 12.6. The zero-order chi connectivity index (χ0) is 19.4. The molecule has 3 aromatic rings. The molecule has 2 N–H and O–H groups in total. The van der Waals surface area contributed by atoms with E-state index in [1.165, 1.54) is 0 Å². The van der Waals surface area contributed by atoms with Crippen LogP contribution in [0.5, 0.6) is 0 Å². The molecule has 3 rings (SSSR count). The molecule has 0 aliphatic heterocycles. The Hall–Kier alpha value is -2.57. The molecule has 0 radical (unpaired) electrons. The minimum absolute atomic E-state index is 0.0662. The number of halogens is 2. The van der Waals surface area contributed by atoms with Gasteiger partial charge in [-0.15, -0.1) is 0 Å². The number of carbonyl (C=O) groups excluding carboxylic acids is 2. The van der Waals surface area contributed by atoms with Gasteiger partial charge in [0.1, 0.15) is 12.4 Å². The normalized spacial score (nSPS) is 10.8. The molecule has 1 aromatic heterocycles. The van der Waals surface area contributed by atoms with Crippen LogP contribution in [-0.4, -0.2) is 21.4 Å².